The maximum atomic E-state index is 11.1. The van der Waals surface area contributed by atoms with Gasteiger partial charge in [0.2, 0.25) is 0 Å². The number of aliphatic carboxylic acids is 1. The molecule has 0 amide bonds. The van der Waals surface area contributed by atoms with Gasteiger partial charge < -0.3 is 16.0 Å². The van der Waals surface area contributed by atoms with Gasteiger partial charge in [0.15, 0.2) is 0 Å². The summed E-state index contributed by atoms with van der Waals surface area (Å²) < 4.78 is 5.04. The molecule has 0 aromatic heterocycles. The quantitative estimate of drug-likeness (QED) is 0.158. The van der Waals surface area contributed by atoms with E-state index in [1.807, 2.05) is 36.4 Å². The molecule has 6 heteroatoms. The van der Waals surface area contributed by atoms with E-state index in [0.717, 1.165) is 12.5 Å². The van der Waals surface area contributed by atoms with E-state index in [1.165, 1.54) is 63.4 Å². The maximum absolute atomic E-state index is 11.1. The summed E-state index contributed by atoms with van der Waals surface area (Å²) in [6, 6.07) is 10.0. The normalized spacial score (nSPS) is 8.67. The fraction of sp³-hybridized carbons (Fsp3) is 0.481. The number of carboxylic acids is 1. The molecule has 0 aliphatic carbocycles. The average molecular weight is 484 g/mol. The van der Waals surface area contributed by atoms with Gasteiger partial charge in [0.1, 0.15) is 0 Å². The van der Waals surface area contributed by atoms with Crippen LogP contribution in [0.15, 0.2) is 61.7 Å². The summed E-state index contributed by atoms with van der Waals surface area (Å²) in [7, 11) is 0. The number of benzene rings is 1. The van der Waals surface area contributed by atoms with Crippen molar-refractivity contribution in [3.63, 3.8) is 0 Å². The standard InChI is InChI=1S/C16H30O2.C8H8.C3H4O2.ClH.H3N/c1-4-5-6-7-8-9-10-11-12-13-14-18-16(17)15(2)3;1-2-8-6-4-3-5-7-8;1-2-3(4)5;;/h2,4-14H2,1,3H3;2-7H,1H2;2H,1H2,(H,4,5);1H;1H3. The van der Waals surface area contributed by atoms with E-state index in [2.05, 4.69) is 26.7 Å². The van der Waals surface area contributed by atoms with Crippen LogP contribution in [0.4, 0.5) is 0 Å². The number of rotatable bonds is 14. The second kappa shape index (κ2) is 29.6. The largest absolute Gasteiger partial charge is 0.478 e. The lowest BCUT2D eigenvalue weighted by atomic mass is 10.1. The van der Waals surface area contributed by atoms with Crippen molar-refractivity contribution in [2.45, 2.75) is 78.1 Å². The summed E-state index contributed by atoms with van der Waals surface area (Å²) in [5.41, 5.74) is 1.66. The fourth-order valence-electron chi connectivity index (χ4n) is 2.47. The molecule has 1 rings (SSSR count). The van der Waals surface area contributed by atoms with Crippen LogP contribution in [-0.4, -0.2) is 23.7 Å². The van der Waals surface area contributed by atoms with Gasteiger partial charge in [-0.2, -0.15) is 0 Å². The summed E-state index contributed by atoms with van der Waals surface area (Å²) >= 11 is 0. The number of carboxylic acid groups (broad SMARTS) is 1. The van der Waals surface area contributed by atoms with E-state index >= 15 is 0 Å². The van der Waals surface area contributed by atoms with E-state index in [-0.39, 0.29) is 24.5 Å². The predicted molar refractivity (Wildman–Crippen MR) is 144 cm³/mol. The number of carbonyl (C=O) groups is 2. The first kappa shape index (κ1) is 37.9. The minimum atomic E-state index is -0.981. The highest BCUT2D eigenvalue weighted by Crippen LogP contribution is 2.10. The first-order chi connectivity index (χ1) is 14.9. The molecule has 1 aromatic rings. The Morgan fingerprint density at radius 2 is 1.33 bits per heavy atom. The molecule has 0 unspecified atom stereocenters. The Hall–Kier alpha value is -2.37. The molecular formula is C27H46ClNO4. The molecule has 0 saturated heterocycles. The molecule has 33 heavy (non-hydrogen) atoms. The monoisotopic (exact) mass is 483 g/mol. The highest BCUT2D eigenvalue weighted by molar-refractivity contribution is 5.86. The molecule has 0 heterocycles. The Kier molecular flexibility index (Phi) is 34.0. The van der Waals surface area contributed by atoms with Crippen molar-refractivity contribution in [2.24, 2.45) is 0 Å². The molecule has 0 saturated carbocycles. The molecule has 1 aromatic carbocycles. The smallest absolute Gasteiger partial charge is 0.333 e. The zero-order valence-electron chi connectivity index (χ0n) is 20.7. The van der Waals surface area contributed by atoms with Gasteiger partial charge in [-0.25, -0.2) is 9.59 Å². The molecule has 0 aliphatic rings. The predicted octanol–water partition coefficient (Wildman–Crippen LogP) is 8.20. The van der Waals surface area contributed by atoms with Crippen LogP contribution in [0.2, 0.25) is 0 Å². The van der Waals surface area contributed by atoms with Gasteiger partial charge in [0, 0.05) is 11.6 Å². The highest BCUT2D eigenvalue weighted by atomic mass is 35.5. The minimum Gasteiger partial charge on any atom is -0.478 e. The fourth-order valence-corrected chi connectivity index (χ4v) is 2.47. The van der Waals surface area contributed by atoms with Crippen LogP contribution in [0, 0.1) is 0 Å². The lowest BCUT2D eigenvalue weighted by Gasteiger charge is -2.04. The molecule has 0 atom stereocenters. The molecule has 4 N–H and O–H groups in total. The second-order valence-electron chi connectivity index (χ2n) is 7.26. The Morgan fingerprint density at radius 1 is 0.909 bits per heavy atom. The van der Waals surface area contributed by atoms with E-state index in [1.54, 1.807) is 6.92 Å². The van der Waals surface area contributed by atoms with Crippen LogP contribution >= 0.6 is 12.4 Å². The van der Waals surface area contributed by atoms with Crippen molar-refractivity contribution >= 4 is 30.4 Å². The molecule has 5 nitrogen and oxygen atoms in total. The van der Waals surface area contributed by atoms with Crippen LogP contribution in [0.3, 0.4) is 0 Å². The Bertz CT molecular complexity index is 618. The summed E-state index contributed by atoms with van der Waals surface area (Å²) in [5.74, 6) is -1.24. The van der Waals surface area contributed by atoms with Gasteiger partial charge in [0.25, 0.3) is 0 Å². The summed E-state index contributed by atoms with van der Waals surface area (Å²) in [4.78, 5) is 20.3. The Morgan fingerprint density at radius 3 is 1.67 bits per heavy atom. The van der Waals surface area contributed by atoms with Crippen molar-refractivity contribution in [1.82, 2.24) is 6.15 Å². The lowest BCUT2D eigenvalue weighted by molar-refractivity contribution is -0.139. The van der Waals surface area contributed by atoms with Crippen molar-refractivity contribution in [1.29, 1.82) is 0 Å². The molecule has 0 radical (unpaired) electrons. The van der Waals surface area contributed by atoms with Crippen LogP contribution in [-0.2, 0) is 14.3 Å². The zero-order chi connectivity index (χ0) is 23.7. The van der Waals surface area contributed by atoms with Crippen LogP contribution in [0.25, 0.3) is 6.08 Å². The Labute approximate surface area is 208 Å². The summed E-state index contributed by atoms with van der Waals surface area (Å²) in [5, 5.41) is 7.60. The van der Waals surface area contributed by atoms with Gasteiger partial charge in [0.05, 0.1) is 6.61 Å². The highest BCUT2D eigenvalue weighted by Gasteiger charge is 2.01. The van der Waals surface area contributed by atoms with Gasteiger partial charge in [-0.05, 0) is 18.9 Å². The SMILES string of the molecule is C=C(C)C(=O)OCCCCCCCCCCCC.C=CC(=O)O.C=Cc1ccccc1.Cl.N. The number of hydrogen-bond donors (Lipinski definition) is 2. The van der Waals surface area contributed by atoms with Crippen molar-refractivity contribution in [2.75, 3.05) is 6.61 Å². The molecule has 0 spiro atoms. The third-order valence-corrected chi connectivity index (χ3v) is 4.29. The number of hydrogen-bond acceptors (Lipinski definition) is 4. The third-order valence-electron chi connectivity index (χ3n) is 4.29. The van der Waals surface area contributed by atoms with E-state index in [9.17, 15) is 9.59 Å². The van der Waals surface area contributed by atoms with E-state index in [4.69, 9.17) is 9.84 Å². The zero-order valence-corrected chi connectivity index (χ0v) is 21.5. The molecule has 0 bridgehead atoms. The number of halogens is 1. The lowest BCUT2D eigenvalue weighted by Crippen LogP contribution is -2.05. The minimum absolute atomic E-state index is 0. The van der Waals surface area contributed by atoms with Gasteiger partial charge >= 0.3 is 11.9 Å². The topological polar surface area (TPSA) is 98.6 Å². The van der Waals surface area contributed by atoms with Crippen molar-refractivity contribution < 1.29 is 19.4 Å². The molecule has 0 aliphatic heterocycles. The van der Waals surface area contributed by atoms with Crippen molar-refractivity contribution in [3.8, 4) is 0 Å². The van der Waals surface area contributed by atoms with Crippen LogP contribution in [0.5, 0.6) is 0 Å². The summed E-state index contributed by atoms with van der Waals surface area (Å²) in [6.07, 6.45) is 15.6. The molecule has 190 valence electrons. The third kappa shape index (κ3) is 31.9. The number of unbranched alkanes of at least 4 members (excludes halogenated alkanes) is 9. The number of esters is 1. The van der Waals surface area contributed by atoms with Crippen molar-refractivity contribution in [3.05, 3.63) is 67.3 Å². The van der Waals surface area contributed by atoms with Gasteiger partial charge in [-0.3, -0.25) is 0 Å². The maximum Gasteiger partial charge on any atom is 0.333 e. The average Bonchev–Trinajstić information content (AvgIpc) is 2.78. The van der Waals surface area contributed by atoms with Crippen LogP contribution < -0.4 is 6.15 Å². The Balaban J connectivity index is -0.000000231. The van der Waals surface area contributed by atoms with Gasteiger partial charge in [-0.15, -0.1) is 12.4 Å². The first-order valence-electron chi connectivity index (χ1n) is 11.2. The number of ether oxygens (including phenoxy) is 1. The second-order valence-corrected chi connectivity index (χ2v) is 7.26. The summed E-state index contributed by atoms with van der Waals surface area (Å²) in [6.45, 7) is 14.6. The van der Waals surface area contributed by atoms with E-state index < -0.39 is 5.97 Å². The first-order valence-corrected chi connectivity index (χ1v) is 11.2. The van der Waals surface area contributed by atoms with Crippen LogP contribution in [0.1, 0.15) is 83.6 Å². The number of carbonyl (C=O) groups excluding carboxylic acids is 1. The molecular weight excluding hydrogens is 438 g/mol. The molecule has 0 fully saturated rings. The van der Waals surface area contributed by atoms with E-state index in [0.29, 0.717) is 12.2 Å². The van der Waals surface area contributed by atoms with Gasteiger partial charge in [-0.1, -0.05) is 121 Å².